The Bertz CT molecular complexity index is 1270. The van der Waals surface area contributed by atoms with Crippen LogP contribution in [-0.4, -0.2) is 57.6 Å². The Labute approximate surface area is 218 Å². The SMILES string of the molecule is N#CC1(c2ccc(CC(=O)c3ccn(-c4ccc(C5CC5)cn4)c3)cn2)CCC(N2CCOCC2)CC1. The van der Waals surface area contributed by atoms with E-state index in [0.29, 0.717) is 17.5 Å². The number of pyridine rings is 2. The molecule has 0 radical (unpaired) electrons. The van der Waals surface area contributed by atoms with Crippen molar-refractivity contribution in [1.29, 1.82) is 5.26 Å². The summed E-state index contributed by atoms with van der Waals surface area (Å²) in [5.41, 5.74) is 3.12. The van der Waals surface area contributed by atoms with E-state index in [1.54, 1.807) is 6.20 Å². The van der Waals surface area contributed by atoms with Crippen LogP contribution < -0.4 is 0 Å². The van der Waals surface area contributed by atoms with Crippen LogP contribution in [0.3, 0.4) is 0 Å². The number of ether oxygens (including phenoxy) is 1. The third-order valence-electron chi connectivity index (χ3n) is 8.36. The van der Waals surface area contributed by atoms with Gasteiger partial charge in [0.25, 0.3) is 0 Å². The zero-order valence-electron chi connectivity index (χ0n) is 21.2. The van der Waals surface area contributed by atoms with E-state index in [0.717, 1.165) is 69.1 Å². The van der Waals surface area contributed by atoms with Crippen molar-refractivity contribution in [2.75, 3.05) is 26.3 Å². The Balaban J connectivity index is 1.08. The lowest BCUT2D eigenvalue weighted by atomic mass is 9.71. The van der Waals surface area contributed by atoms with Crippen molar-refractivity contribution in [3.8, 4) is 11.9 Å². The van der Waals surface area contributed by atoms with Gasteiger partial charge < -0.3 is 9.30 Å². The molecule has 0 N–H and O–H groups in total. The van der Waals surface area contributed by atoms with Gasteiger partial charge in [-0.05, 0) is 73.8 Å². The van der Waals surface area contributed by atoms with Crippen molar-refractivity contribution >= 4 is 5.78 Å². The highest BCUT2D eigenvalue weighted by molar-refractivity contribution is 5.97. The Kier molecular flexibility index (Phi) is 6.62. The monoisotopic (exact) mass is 495 g/mol. The molecule has 0 aromatic carbocycles. The van der Waals surface area contributed by atoms with E-state index in [1.165, 1.54) is 18.4 Å². The van der Waals surface area contributed by atoms with Gasteiger partial charge in [-0.25, -0.2) is 4.98 Å². The summed E-state index contributed by atoms with van der Waals surface area (Å²) >= 11 is 0. The summed E-state index contributed by atoms with van der Waals surface area (Å²) in [7, 11) is 0. The second-order valence-corrected chi connectivity index (χ2v) is 10.8. The number of hydrogen-bond acceptors (Lipinski definition) is 6. The average molecular weight is 496 g/mol. The zero-order valence-corrected chi connectivity index (χ0v) is 21.2. The average Bonchev–Trinajstić information content (AvgIpc) is 3.70. The third-order valence-corrected chi connectivity index (χ3v) is 8.36. The molecule has 2 aliphatic carbocycles. The van der Waals surface area contributed by atoms with E-state index in [4.69, 9.17) is 4.74 Å². The molecule has 1 aliphatic heterocycles. The van der Waals surface area contributed by atoms with Crippen molar-refractivity contribution in [1.82, 2.24) is 19.4 Å². The largest absolute Gasteiger partial charge is 0.379 e. The minimum atomic E-state index is -0.537. The molecule has 190 valence electrons. The number of carbonyl (C=O) groups excluding carboxylic acids is 1. The number of Topliss-reactive ketones (excluding diaryl/α,β-unsaturated/α-hetero) is 1. The molecule has 3 aromatic rings. The molecule has 0 bridgehead atoms. The topological polar surface area (TPSA) is 84.0 Å². The molecule has 0 atom stereocenters. The molecule has 3 fully saturated rings. The fraction of sp³-hybridized carbons (Fsp3) is 0.467. The Morgan fingerprint density at radius 1 is 1.03 bits per heavy atom. The summed E-state index contributed by atoms with van der Waals surface area (Å²) in [5, 5.41) is 10.1. The maximum atomic E-state index is 13.0. The number of aromatic nitrogens is 3. The van der Waals surface area contributed by atoms with Gasteiger partial charge in [0.1, 0.15) is 5.82 Å². The Hall–Kier alpha value is -3.34. The molecule has 6 rings (SSSR count). The molecule has 4 heterocycles. The fourth-order valence-corrected chi connectivity index (χ4v) is 5.84. The smallest absolute Gasteiger partial charge is 0.168 e. The van der Waals surface area contributed by atoms with Gasteiger partial charge in [0.05, 0.1) is 30.4 Å². The molecule has 3 aromatic heterocycles. The van der Waals surface area contributed by atoms with Gasteiger partial charge in [-0.1, -0.05) is 12.1 Å². The normalized spacial score (nSPS) is 24.5. The first-order chi connectivity index (χ1) is 18.1. The molecule has 0 amide bonds. The summed E-state index contributed by atoms with van der Waals surface area (Å²) in [6.07, 6.45) is 13.9. The Morgan fingerprint density at radius 3 is 2.49 bits per heavy atom. The number of ketones is 1. The van der Waals surface area contributed by atoms with Gasteiger partial charge in [0.15, 0.2) is 5.78 Å². The summed E-state index contributed by atoms with van der Waals surface area (Å²) in [5.74, 6) is 1.54. The summed E-state index contributed by atoms with van der Waals surface area (Å²) in [6, 6.07) is 13.0. The van der Waals surface area contributed by atoms with Gasteiger partial charge in [0.2, 0.25) is 0 Å². The highest BCUT2D eigenvalue weighted by Crippen LogP contribution is 2.40. The van der Waals surface area contributed by atoms with E-state index < -0.39 is 5.41 Å². The molecule has 0 unspecified atom stereocenters. The van der Waals surface area contributed by atoms with Gasteiger partial charge in [0, 0.05) is 55.9 Å². The molecular formula is C30H33N5O2. The number of nitrogens with zero attached hydrogens (tertiary/aromatic N) is 5. The first kappa shape index (κ1) is 24.0. The van der Waals surface area contributed by atoms with Crippen LogP contribution >= 0.6 is 0 Å². The predicted molar refractivity (Wildman–Crippen MR) is 140 cm³/mol. The molecular weight excluding hydrogens is 462 g/mol. The standard InChI is InChI=1S/C30H33N5O2/c31-21-30(10-7-26(8-11-30)34-13-15-37-16-14-34)28-5-1-22(18-32-28)17-27(36)25-9-12-35(20-25)29-6-4-24(19-33-29)23-2-3-23/h1,4-6,9,12,18-20,23,26H,2-3,7-8,10-11,13-17H2. The lowest BCUT2D eigenvalue weighted by molar-refractivity contribution is 0.00493. The third kappa shape index (κ3) is 5.09. The number of rotatable bonds is 7. The molecule has 7 nitrogen and oxygen atoms in total. The minimum absolute atomic E-state index is 0.0453. The van der Waals surface area contributed by atoms with Gasteiger partial charge in [-0.2, -0.15) is 5.26 Å². The number of carbonyl (C=O) groups is 1. The number of nitriles is 1. The van der Waals surface area contributed by atoms with E-state index in [-0.39, 0.29) is 12.2 Å². The van der Waals surface area contributed by atoms with Gasteiger partial charge >= 0.3 is 0 Å². The molecule has 3 aliphatic rings. The highest BCUT2D eigenvalue weighted by Gasteiger charge is 2.40. The Morgan fingerprint density at radius 2 is 1.84 bits per heavy atom. The minimum Gasteiger partial charge on any atom is -0.379 e. The van der Waals surface area contributed by atoms with Crippen LogP contribution in [0, 0.1) is 11.3 Å². The van der Waals surface area contributed by atoms with E-state index in [9.17, 15) is 10.1 Å². The second kappa shape index (κ2) is 10.2. The summed E-state index contributed by atoms with van der Waals surface area (Å²) < 4.78 is 7.39. The van der Waals surface area contributed by atoms with E-state index >= 15 is 0 Å². The second-order valence-electron chi connectivity index (χ2n) is 10.8. The lowest BCUT2D eigenvalue weighted by Gasteiger charge is -2.41. The number of morpholine rings is 1. The molecule has 7 heteroatoms. The van der Waals surface area contributed by atoms with Crippen molar-refractivity contribution < 1.29 is 9.53 Å². The fourth-order valence-electron chi connectivity index (χ4n) is 5.84. The molecule has 1 saturated heterocycles. The summed E-state index contributed by atoms with van der Waals surface area (Å²) in [4.78, 5) is 24.7. The van der Waals surface area contributed by atoms with Crippen molar-refractivity contribution in [3.05, 3.63) is 77.5 Å². The summed E-state index contributed by atoms with van der Waals surface area (Å²) in [6.45, 7) is 3.57. The van der Waals surface area contributed by atoms with Crippen molar-refractivity contribution in [2.24, 2.45) is 0 Å². The van der Waals surface area contributed by atoms with Crippen LogP contribution in [0.4, 0.5) is 0 Å². The van der Waals surface area contributed by atoms with E-state index in [2.05, 4.69) is 27.0 Å². The van der Waals surface area contributed by atoms with Crippen LogP contribution in [0.2, 0.25) is 0 Å². The van der Waals surface area contributed by atoms with Crippen LogP contribution in [0.5, 0.6) is 0 Å². The van der Waals surface area contributed by atoms with Crippen molar-refractivity contribution in [3.63, 3.8) is 0 Å². The first-order valence-electron chi connectivity index (χ1n) is 13.5. The molecule has 37 heavy (non-hydrogen) atoms. The molecule has 0 spiro atoms. The quantitative estimate of drug-likeness (QED) is 0.445. The van der Waals surface area contributed by atoms with Crippen LogP contribution in [0.15, 0.2) is 55.1 Å². The van der Waals surface area contributed by atoms with Gasteiger partial charge in [-0.15, -0.1) is 0 Å². The first-order valence-corrected chi connectivity index (χ1v) is 13.5. The maximum absolute atomic E-state index is 13.0. The van der Waals surface area contributed by atoms with Crippen LogP contribution in [-0.2, 0) is 16.6 Å². The van der Waals surface area contributed by atoms with Crippen LogP contribution in [0.1, 0.15) is 71.6 Å². The highest BCUT2D eigenvalue weighted by atomic mass is 16.5. The number of hydrogen-bond donors (Lipinski definition) is 0. The van der Waals surface area contributed by atoms with Crippen molar-refractivity contribution in [2.45, 2.75) is 62.3 Å². The predicted octanol–water partition coefficient (Wildman–Crippen LogP) is 4.61. The lowest BCUT2D eigenvalue weighted by Crippen LogP contribution is -2.47. The van der Waals surface area contributed by atoms with E-state index in [1.807, 2.05) is 47.4 Å². The zero-order chi connectivity index (χ0) is 25.2. The maximum Gasteiger partial charge on any atom is 0.168 e. The van der Waals surface area contributed by atoms with Crippen LogP contribution in [0.25, 0.3) is 5.82 Å². The van der Waals surface area contributed by atoms with Gasteiger partial charge in [-0.3, -0.25) is 14.7 Å². The molecule has 2 saturated carbocycles.